The van der Waals surface area contributed by atoms with Gasteiger partial charge in [-0.05, 0) is 18.2 Å². The summed E-state index contributed by atoms with van der Waals surface area (Å²) in [4.78, 5) is 11.8. The van der Waals surface area contributed by atoms with Crippen molar-refractivity contribution in [1.82, 2.24) is 9.62 Å². The number of nitrogens with zero attached hydrogens (tertiary/aromatic N) is 1. The summed E-state index contributed by atoms with van der Waals surface area (Å²) < 4.78 is 37.0. The van der Waals surface area contributed by atoms with E-state index < -0.39 is 21.7 Å². The SMILES string of the molecule is CN(C)S(=O)(=O)CCNC(=O)c1ccc(F)c(S)c1. The summed E-state index contributed by atoms with van der Waals surface area (Å²) in [7, 11) is -0.506. The maximum Gasteiger partial charge on any atom is 0.251 e. The van der Waals surface area contributed by atoms with E-state index in [4.69, 9.17) is 0 Å². The third-order valence-electron chi connectivity index (χ3n) is 2.41. The fraction of sp³-hybridized carbons (Fsp3) is 0.364. The number of nitrogens with one attached hydrogen (secondary N) is 1. The molecule has 0 bridgehead atoms. The quantitative estimate of drug-likeness (QED) is 0.788. The van der Waals surface area contributed by atoms with Crippen LogP contribution in [-0.2, 0) is 10.0 Å². The maximum atomic E-state index is 13.0. The number of sulfonamides is 1. The molecule has 1 amide bonds. The van der Waals surface area contributed by atoms with Gasteiger partial charge in [0.05, 0.1) is 5.75 Å². The van der Waals surface area contributed by atoms with Crippen LogP contribution in [-0.4, -0.2) is 45.0 Å². The normalized spacial score (nSPS) is 11.6. The highest BCUT2D eigenvalue weighted by Gasteiger charge is 2.14. The lowest BCUT2D eigenvalue weighted by Gasteiger charge is -2.11. The molecule has 1 rings (SSSR count). The first-order chi connectivity index (χ1) is 8.74. The number of carbonyl (C=O) groups excluding carboxylic acids is 1. The third kappa shape index (κ3) is 4.48. The van der Waals surface area contributed by atoms with Crippen molar-refractivity contribution in [3.63, 3.8) is 0 Å². The van der Waals surface area contributed by atoms with E-state index in [1.165, 1.54) is 26.2 Å². The van der Waals surface area contributed by atoms with Crippen LogP contribution in [0.3, 0.4) is 0 Å². The molecule has 19 heavy (non-hydrogen) atoms. The minimum Gasteiger partial charge on any atom is -0.351 e. The Bertz CT molecular complexity index is 573. The summed E-state index contributed by atoms with van der Waals surface area (Å²) in [6, 6.07) is 3.73. The van der Waals surface area contributed by atoms with Crippen molar-refractivity contribution < 1.29 is 17.6 Å². The van der Waals surface area contributed by atoms with Crippen molar-refractivity contribution >= 4 is 28.6 Å². The van der Waals surface area contributed by atoms with Gasteiger partial charge in [0.2, 0.25) is 10.0 Å². The molecule has 0 aliphatic carbocycles. The number of hydrogen-bond donors (Lipinski definition) is 2. The molecular weight excluding hydrogens is 291 g/mol. The van der Waals surface area contributed by atoms with E-state index in [9.17, 15) is 17.6 Å². The summed E-state index contributed by atoms with van der Waals surface area (Å²) in [6.07, 6.45) is 0. The number of thiol groups is 1. The van der Waals surface area contributed by atoms with Gasteiger partial charge in [-0.1, -0.05) is 0 Å². The first-order valence-electron chi connectivity index (χ1n) is 5.41. The molecule has 1 N–H and O–H groups in total. The third-order valence-corrected chi connectivity index (χ3v) is 4.59. The van der Waals surface area contributed by atoms with Gasteiger partial charge in [-0.2, -0.15) is 0 Å². The van der Waals surface area contributed by atoms with E-state index in [1.807, 2.05) is 0 Å². The van der Waals surface area contributed by atoms with Crippen molar-refractivity contribution in [2.45, 2.75) is 4.90 Å². The zero-order valence-corrected chi connectivity index (χ0v) is 12.3. The van der Waals surface area contributed by atoms with E-state index in [0.29, 0.717) is 0 Å². The van der Waals surface area contributed by atoms with E-state index >= 15 is 0 Å². The minimum absolute atomic E-state index is 0.0153. The molecule has 1 aromatic carbocycles. The minimum atomic E-state index is -3.35. The molecule has 0 heterocycles. The molecule has 0 aliphatic rings. The molecule has 0 fully saturated rings. The van der Waals surface area contributed by atoms with Gasteiger partial charge in [0, 0.05) is 31.1 Å². The monoisotopic (exact) mass is 306 g/mol. The average Bonchev–Trinajstić information content (AvgIpc) is 2.32. The van der Waals surface area contributed by atoms with Crippen molar-refractivity contribution in [2.75, 3.05) is 26.4 Å². The average molecular weight is 306 g/mol. The van der Waals surface area contributed by atoms with Crippen molar-refractivity contribution in [1.29, 1.82) is 0 Å². The molecule has 0 spiro atoms. The fourth-order valence-corrected chi connectivity index (χ4v) is 2.17. The van der Waals surface area contributed by atoms with E-state index in [0.717, 1.165) is 10.4 Å². The second kappa shape index (κ2) is 6.36. The molecule has 0 saturated heterocycles. The standard InChI is InChI=1S/C11H15FN2O3S2/c1-14(2)19(16,17)6-5-13-11(15)8-3-4-9(12)10(18)7-8/h3-4,7,18H,5-6H2,1-2H3,(H,13,15). The predicted octanol–water partition coefficient (Wildman–Crippen LogP) is 0.736. The van der Waals surface area contributed by atoms with Gasteiger partial charge in [0.15, 0.2) is 0 Å². The van der Waals surface area contributed by atoms with Crippen LogP contribution in [0.2, 0.25) is 0 Å². The van der Waals surface area contributed by atoms with Gasteiger partial charge in [-0.3, -0.25) is 4.79 Å². The van der Waals surface area contributed by atoms with Gasteiger partial charge < -0.3 is 5.32 Å². The fourth-order valence-electron chi connectivity index (χ4n) is 1.23. The molecule has 5 nitrogen and oxygen atoms in total. The number of amides is 1. The Morgan fingerprint density at radius 1 is 1.42 bits per heavy atom. The zero-order chi connectivity index (χ0) is 14.6. The lowest BCUT2D eigenvalue weighted by Crippen LogP contribution is -2.33. The molecule has 0 atom stereocenters. The Balaban J connectivity index is 2.59. The molecule has 1 aromatic rings. The first-order valence-corrected chi connectivity index (χ1v) is 7.46. The summed E-state index contributed by atoms with van der Waals surface area (Å²) in [6.45, 7) is -0.0153. The highest BCUT2D eigenvalue weighted by molar-refractivity contribution is 7.89. The lowest BCUT2D eigenvalue weighted by atomic mass is 10.2. The summed E-state index contributed by atoms with van der Waals surface area (Å²) in [5.41, 5.74) is 0.230. The number of benzene rings is 1. The molecule has 0 saturated carbocycles. The number of halogens is 1. The molecular formula is C11H15FN2O3S2. The first kappa shape index (κ1) is 15.9. The van der Waals surface area contributed by atoms with Crippen LogP contribution < -0.4 is 5.32 Å². The highest BCUT2D eigenvalue weighted by Crippen LogP contribution is 2.13. The van der Waals surface area contributed by atoms with Crippen molar-refractivity contribution in [3.8, 4) is 0 Å². The summed E-state index contributed by atoms with van der Waals surface area (Å²) >= 11 is 3.87. The smallest absolute Gasteiger partial charge is 0.251 e. The molecule has 0 radical (unpaired) electrons. The highest BCUT2D eigenvalue weighted by atomic mass is 32.2. The Morgan fingerprint density at radius 2 is 2.05 bits per heavy atom. The largest absolute Gasteiger partial charge is 0.351 e. The Kier molecular flexibility index (Phi) is 5.33. The Hall–Kier alpha value is -1.12. The lowest BCUT2D eigenvalue weighted by molar-refractivity contribution is 0.0956. The van der Waals surface area contributed by atoms with Crippen LogP contribution in [0.25, 0.3) is 0 Å². The molecule has 0 aliphatic heterocycles. The number of hydrogen-bond acceptors (Lipinski definition) is 4. The van der Waals surface area contributed by atoms with Crippen LogP contribution in [0.4, 0.5) is 4.39 Å². The Morgan fingerprint density at radius 3 is 2.58 bits per heavy atom. The Labute approximate surface area is 117 Å². The number of carbonyl (C=O) groups is 1. The predicted molar refractivity (Wildman–Crippen MR) is 73.5 cm³/mol. The van der Waals surface area contributed by atoms with Crippen LogP contribution in [0, 0.1) is 5.82 Å². The van der Waals surface area contributed by atoms with Crippen molar-refractivity contribution in [3.05, 3.63) is 29.6 Å². The number of rotatable bonds is 5. The van der Waals surface area contributed by atoms with Crippen molar-refractivity contribution in [2.24, 2.45) is 0 Å². The molecule has 0 aromatic heterocycles. The van der Waals surface area contributed by atoms with Gasteiger partial charge in [0.1, 0.15) is 5.82 Å². The van der Waals surface area contributed by atoms with Crippen LogP contribution in [0.15, 0.2) is 23.1 Å². The molecule has 8 heteroatoms. The van der Waals surface area contributed by atoms with E-state index in [2.05, 4.69) is 17.9 Å². The summed E-state index contributed by atoms with van der Waals surface area (Å²) in [5.74, 6) is -1.18. The molecule has 0 unspecified atom stereocenters. The van der Waals surface area contributed by atoms with Gasteiger partial charge in [0.25, 0.3) is 5.91 Å². The van der Waals surface area contributed by atoms with Gasteiger partial charge in [-0.25, -0.2) is 17.1 Å². The van der Waals surface area contributed by atoms with Gasteiger partial charge >= 0.3 is 0 Å². The van der Waals surface area contributed by atoms with E-state index in [-0.39, 0.29) is 22.8 Å². The second-order valence-electron chi connectivity index (χ2n) is 4.02. The summed E-state index contributed by atoms with van der Waals surface area (Å²) in [5, 5.41) is 2.46. The van der Waals surface area contributed by atoms with Crippen LogP contribution in [0.5, 0.6) is 0 Å². The van der Waals surface area contributed by atoms with Crippen LogP contribution >= 0.6 is 12.6 Å². The van der Waals surface area contributed by atoms with Gasteiger partial charge in [-0.15, -0.1) is 12.6 Å². The molecule has 106 valence electrons. The maximum absolute atomic E-state index is 13.0. The second-order valence-corrected chi connectivity index (χ2v) is 6.80. The topological polar surface area (TPSA) is 66.5 Å². The van der Waals surface area contributed by atoms with Crippen LogP contribution in [0.1, 0.15) is 10.4 Å². The van der Waals surface area contributed by atoms with E-state index in [1.54, 1.807) is 0 Å². The zero-order valence-electron chi connectivity index (χ0n) is 10.6.